The fourth-order valence-corrected chi connectivity index (χ4v) is 8.34. The van der Waals surface area contributed by atoms with Crippen LogP contribution in [0.5, 0.6) is 34.5 Å². The summed E-state index contributed by atoms with van der Waals surface area (Å²) in [6, 6.07) is 36.7. The minimum Gasteiger partial charge on any atom is -0.793 e. The van der Waals surface area contributed by atoms with Gasteiger partial charge in [-0.05, 0) is 106 Å². The molecule has 22 heteroatoms. The van der Waals surface area contributed by atoms with Crippen molar-refractivity contribution in [2.24, 2.45) is 0 Å². The number of ether oxygens (including phenoxy) is 4. The molecule has 8 aromatic rings. The van der Waals surface area contributed by atoms with E-state index in [1.54, 1.807) is 26.6 Å². The Morgan fingerprint density at radius 3 is 1.38 bits per heavy atom. The molecule has 0 bridgehead atoms. The molecular weight excluding hydrogens is 1020 g/mol. The van der Waals surface area contributed by atoms with Crippen LogP contribution in [-0.4, -0.2) is 120 Å². The van der Waals surface area contributed by atoms with Crippen LogP contribution in [0.4, 0.5) is 11.6 Å². The second-order valence-electron chi connectivity index (χ2n) is 18.5. The number of carbonyl (C=O) groups excluding carboxylic acids is 3. The van der Waals surface area contributed by atoms with Gasteiger partial charge < -0.3 is 52.5 Å². The number of likely N-dealkylation sites (N-methyl/N-ethyl adjacent to an activating group) is 1. The Morgan fingerprint density at radius 1 is 0.608 bits per heavy atom. The molecule has 0 amide bonds. The van der Waals surface area contributed by atoms with Crippen LogP contribution in [-0.2, 0) is 41.9 Å². The Morgan fingerprint density at radius 2 is 1.03 bits per heavy atom. The summed E-state index contributed by atoms with van der Waals surface area (Å²) in [5, 5.41) is 22.3. The fourth-order valence-electron chi connectivity index (χ4n) is 8.34. The first-order chi connectivity index (χ1) is 37.7. The standard InChI is InChI=1S/C26H29N5O2.C25H27N5O2.C4H6O4.C2H3BO2.Na/c1-18-4-8-22(9-5-18)33-23-12-14-27-26-24(23)25(28-20-13-15-30(2)17-20)29-31(26)16-19-6-10-21(32-3)11-7-19;1-17-3-7-21(8-4-17)32-22-12-14-27-25-23(22)24(28-19-11-13-26-15-19)29-30(25)16-18-5-9-20(31-2)10-6-18;1-3(5)7-8-4(2)6;1-2(4)5-3;/h4-12,14,20H,13,15-17H2,1-3H3,(H,28,29);3-10,12,14,19,26H,11,13,15-16H2,1-2H3,(H,28,29);1-2H3;1H3;/q;;;-1;+1/t20-;19-;;;/m11.../s1. The molecule has 3 N–H and O–H groups in total. The van der Waals surface area contributed by atoms with Gasteiger partial charge in [0, 0.05) is 70.5 Å². The van der Waals surface area contributed by atoms with Crippen LogP contribution in [0.1, 0.15) is 55.9 Å². The molecule has 2 saturated heterocycles. The molecule has 0 unspecified atom stereocenters. The van der Waals surface area contributed by atoms with E-state index in [4.69, 9.17) is 29.1 Å². The zero-order valence-corrected chi connectivity index (χ0v) is 48.1. The third-order valence-corrected chi connectivity index (χ3v) is 12.2. The number of fused-ring (bicyclic) bond motifs is 2. The van der Waals surface area contributed by atoms with Gasteiger partial charge in [-0.15, -0.1) is 0 Å². The Balaban J connectivity index is 0.000000207. The second-order valence-corrected chi connectivity index (χ2v) is 18.5. The van der Waals surface area contributed by atoms with Crippen LogP contribution >= 0.6 is 0 Å². The molecule has 0 spiro atoms. The number of likely N-dealkylation sites (tertiary alicyclic amines) is 1. The molecule has 407 valence electrons. The maximum atomic E-state index is 9.85. The van der Waals surface area contributed by atoms with Crippen molar-refractivity contribution in [3.8, 4) is 34.5 Å². The number of benzene rings is 4. The van der Waals surface area contributed by atoms with Gasteiger partial charge in [0.1, 0.15) is 45.3 Å². The second kappa shape index (κ2) is 29.9. The van der Waals surface area contributed by atoms with E-state index in [0.717, 1.165) is 132 Å². The van der Waals surface area contributed by atoms with Crippen molar-refractivity contribution in [2.45, 2.75) is 72.6 Å². The van der Waals surface area contributed by atoms with Gasteiger partial charge in [-0.2, -0.15) is 10.2 Å². The Labute approximate surface area is 483 Å². The molecule has 79 heavy (non-hydrogen) atoms. The van der Waals surface area contributed by atoms with Gasteiger partial charge in [-0.3, -0.25) is 4.79 Å². The molecule has 2 atom stereocenters. The third-order valence-electron chi connectivity index (χ3n) is 12.2. The van der Waals surface area contributed by atoms with Crippen molar-refractivity contribution in [1.29, 1.82) is 0 Å². The number of nitrogens with one attached hydrogen (secondary N) is 3. The first-order valence-electron chi connectivity index (χ1n) is 25.3. The average molecular weight is 1080 g/mol. The molecule has 0 saturated carbocycles. The van der Waals surface area contributed by atoms with Gasteiger partial charge in [0.25, 0.3) is 0 Å². The number of hydrogen-bond donors (Lipinski definition) is 3. The van der Waals surface area contributed by atoms with Gasteiger partial charge in [-0.25, -0.2) is 38.7 Å². The molecule has 4 aromatic carbocycles. The number of aromatic nitrogens is 6. The van der Waals surface area contributed by atoms with E-state index in [1.807, 2.05) is 106 Å². The molecule has 3 radical (unpaired) electrons. The van der Waals surface area contributed by atoms with Gasteiger partial charge in [-0.1, -0.05) is 59.7 Å². The van der Waals surface area contributed by atoms with Crippen molar-refractivity contribution in [3.05, 3.63) is 144 Å². The summed E-state index contributed by atoms with van der Waals surface area (Å²) >= 11 is 0. The van der Waals surface area contributed by atoms with Gasteiger partial charge in [0.2, 0.25) is 5.97 Å². The van der Waals surface area contributed by atoms with E-state index in [9.17, 15) is 14.4 Å². The van der Waals surface area contributed by atoms with E-state index in [1.165, 1.54) is 18.1 Å². The first-order valence-corrected chi connectivity index (χ1v) is 25.3. The Hall–Kier alpha value is -7.69. The smallest absolute Gasteiger partial charge is 0.793 e. The molecular formula is C57H65BN10NaO10. The maximum Gasteiger partial charge on any atom is 1.00 e. The molecule has 20 nitrogen and oxygen atoms in total. The molecule has 2 fully saturated rings. The van der Waals surface area contributed by atoms with Crippen molar-refractivity contribution in [1.82, 2.24) is 39.7 Å². The number of rotatable bonds is 14. The SMILES string of the molecule is CC(=O)OOC(C)=O.COc1ccc(Cn2nc(N[C@@H]3CCN(C)C3)c3c(Oc4ccc(C)cc4)ccnc32)cc1.COc1ccc(Cn2nc(N[C@@H]3CCNC3)c3c(Oc4ccc(C)cc4)ccnc32)cc1.[B-]OC(C)=O.[Na+]. The number of anilines is 2. The van der Waals surface area contributed by atoms with E-state index >= 15 is 0 Å². The zero-order chi connectivity index (χ0) is 55.6. The van der Waals surface area contributed by atoms with Crippen molar-refractivity contribution in [3.63, 3.8) is 0 Å². The summed E-state index contributed by atoms with van der Waals surface area (Å²) in [4.78, 5) is 48.5. The summed E-state index contributed by atoms with van der Waals surface area (Å²) in [6.07, 6.45) is 5.70. The van der Waals surface area contributed by atoms with Crippen molar-refractivity contribution in [2.75, 3.05) is 58.1 Å². The van der Waals surface area contributed by atoms with Crippen molar-refractivity contribution >= 4 is 59.7 Å². The molecule has 2 aliphatic rings. The summed E-state index contributed by atoms with van der Waals surface area (Å²) < 4.78 is 30.6. The van der Waals surface area contributed by atoms with Crippen LogP contribution in [0.2, 0.25) is 0 Å². The van der Waals surface area contributed by atoms with E-state index in [2.05, 4.69) is 86.3 Å². The first kappa shape index (κ1) is 60.5. The molecule has 10 rings (SSSR count). The maximum absolute atomic E-state index is 9.85. The van der Waals surface area contributed by atoms with Crippen LogP contribution < -0.4 is 64.5 Å². The fraction of sp³-hybridized carbons (Fsp3) is 0.316. The molecule has 2 aliphatic heterocycles. The van der Waals surface area contributed by atoms with E-state index < -0.39 is 17.9 Å². The van der Waals surface area contributed by atoms with Gasteiger partial charge in [0.15, 0.2) is 22.9 Å². The molecule has 6 heterocycles. The topological polar surface area (TPSA) is 217 Å². The summed E-state index contributed by atoms with van der Waals surface area (Å²) in [5.74, 6) is 4.62. The van der Waals surface area contributed by atoms with E-state index in [0.29, 0.717) is 25.2 Å². The van der Waals surface area contributed by atoms with Crippen LogP contribution in [0.15, 0.2) is 122 Å². The molecule has 4 aromatic heterocycles. The van der Waals surface area contributed by atoms with Gasteiger partial charge in [0.05, 0.1) is 27.3 Å². The summed E-state index contributed by atoms with van der Waals surface area (Å²) in [7, 11) is 9.82. The van der Waals surface area contributed by atoms with Crippen LogP contribution in [0, 0.1) is 13.8 Å². The third kappa shape index (κ3) is 17.9. The normalized spacial score (nSPS) is 14.4. The zero-order valence-electron chi connectivity index (χ0n) is 46.1. The minimum atomic E-state index is -0.639. The largest absolute Gasteiger partial charge is 1.00 e. The number of carbonyl (C=O) groups is 3. The monoisotopic (exact) mass is 1080 g/mol. The predicted octanol–water partition coefficient (Wildman–Crippen LogP) is 5.73. The number of pyridine rings is 2. The minimum absolute atomic E-state index is 0. The Bertz CT molecular complexity index is 3220. The van der Waals surface area contributed by atoms with Crippen LogP contribution in [0.3, 0.4) is 0 Å². The number of nitrogens with zero attached hydrogens (tertiary/aromatic N) is 7. The predicted molar refractivity (Wildman–Crippen MR) is 297 cm³/mol. The van der Waals surface area contributed by atoms with E-state index in [-0.39, 0.29) is 29.6 Å². The number of aryl methyl sites for hydroxylation is 2. The molecule has 0 aliphatic carbocycles. The van der Waals surface area contributed by atoms with Crippen LogP contribution in [0.25, 0.3) is 22.1 Å². The summed E-state index contributed by atoms with van der Waals surface area (Å²) in [6.45, 7) is 12.8. The quantitative estimate of drug-likeness (QED) is 0.0673. The average Bonchev–Trinajstić information content (AvgIpc) is 4.39. The number of hydrogen-bond acceptors (Lipinski definition) is 18. The Kier molecular flexibility index (Phi) is 22.9. The number of methoxy groups -OCH3 is 2. The van der Waals surface area contributed by atoms with Crippen molar-refractivity contribution < 1.29 is 77.3 Å². The van der Waals surface area contributed by atoms with Gasteiger partial charge >= 0.3 is 41.5 Å². The summed E-state index contributed by atoms with van der Waals surface area (Å²) in [5.41, 5.74) is 6.22.